The Morgan fingerprint density at radius 2 is 2.00 bits per heavy atom. The first-order valence-corrected chi connectivity index (χ1v) is 7.36. The van der Waals surface area contributed by atoms with Crippen LogP contribution in [0.25, 0.3) is 0 Å². The van der Waals surface area contributed by atoms with E-state index in [1.165, 1.54) is 5.56 Å². The molecule has 1 aliphatic carbocycles. The average Bonchev–Trinajstić information content (AvgIpc) is 2.52. The van der Waals surface area contributed by atoms with Crippen LogP contribution in [0.4, 0.5) is 0 Å². The Hall–Kier alpha value is -2.18. The van der Waals surface area contributed by atoms with Crippen molar-refractivity contribution in [2.75, 3.05) is 0 Å². The molecule has 1 aromatic carbocycles. The Balaban J connectivity index is 1.64. The Morgan fingerprint density at radius 3 is 2.62 bits per heavy atom. The summed E-state index contributed by atoms with van der Waals surface area (Å²) in [6.45, 7) is 2.14. The van der Waals surface area contributed by atoms with Gasteiger partial charge in [-0.15, -0.1) is 0 Å². The maximum Gasteiger partial charge on any atom is 0.0852 e. The quantitative estimate of drug-likeness (QED) is 0.932. The lowest BCUT2D eigenvalue weighted by atomic mass is 9.62. The highest BCUT2D eigenvalue weighted by Gasteiger charge is 2.46. The van der Waals surface area contributed by atoms with Gasteiger partial charge in [-0.25, -0.2) is 0 Å². The fraction of sp³-hybridized carbons (Fsp3) is 0.333. The van der Waals surface area contributed by atoms with Gasteiger partial charge in [-0.2, -0.15) is 5.26 Å². The second-order valence-electron chi connectivity index (χ2n) is 5.84. The molecule has 2 aromatic rings. The molecule has 1 saturated carbocycles. The Bertz CT molecular complexity index is 625. The van der Waals surface area contributed by atoms with Gasteiger partial charge in [0.05, 0.1) is 11.5 Å². The normalized spacial score (nSPS) is 25.6. The average molecular weight is 277 g/mol. The summed E-state index contributed by atoms with van der Waals surface area (Å²) >= 11 is 0. The van der Waals surface area contributed by atoms with Crippen molar-refractivity contribution in [2.24, 2.45) is 0 Å². The molecule has 0 unspecified atom stereocenters. The molecular weight excluding hydrogens is 258 g/mol. The van der Waals surface area contributed by atoms with Crippen molar-refractivity contribution in [1.82, 2.24) is 10.3 Å². The number of benzene rings is 1. The molecule has 1 aromatic heterocycles. The molecule has 3 heteroatoms. The van der Waals surface area contributed by atoms with Crippen LogP contribution in [-0.4, -0.2) is 11.0 Å². The second kappa shape index (κ2) is 5.67. The topological polar surface area (TPSA) is 48.7 Å². The molecule has 106 valence electrons. The fourth-order valence-electron chi connectivity index (χ4n) is 3.13. The van der Waals surface area contributed by atoms with Crippen LogP contribution in [-0.2, 0) is 5.41 Å². The molecule has 0 spiro atoms. The summed E-state index contributed by atoms with van der Waals surface area (Å²) in [7, 11) is 0. The van der Waals surface area contributed by atoms with E-state index in [9.17, 15) is 5.26 Å². The number of hydrogen-bond donors (Lipinski definition) is 1. The first kappa shape index (κ1) is 13.8. The smallest absolute Gasteiger partial charge is 0.0852 e. The van der Waals surface area contributed by atoms with Gasteiger partial charge in [-0.3, -0.25) is 4.98 Å². The van der Waals surface area contributed by atoms with Crippen LogP contribution in [0, 0.1) is 11.3 Å². The number of nitrogens with one attached hydrogen (secondary N) is 1. The van der Waals surface area contributed by atoms with Crippen molar-refractivity contribution in [1.29, 1.82) is 5.26 Å². The number of nitriles is 1. The molecule has 0 amide bonds. The van der Waals surface area contributed by atoms with E-state index in [1.54, 1.807) is 6.20 Å². The van der Waals surface area contributed by atoms with Gasteiger partial charge in [0.25, 0.3) is 0 Å². The zero-order valence-corrected chi connectivity index (χ0v) is 12.2. The highest BCUT2D eigenvalue weighted by atomic mass is 15.0. The van der Waals surface area contributed by atoms with Gasteiger partial charge in [0.2, 0.25) is 0 Å². The van der Waals surface area contributed by atoms with Crippen molar-refractivity contribution >= 4 is 0 Å². The van der Waals surface area contributed by atoms with Crippen molar-refractivity contribution in [3.05, 3.63) is 66.0 Å². The molecule has 3 nitrogen and oxygen atoms in total. The summed E-state index contributed by atoms with van der Waals surface area (Å²) in [5, 5.41) is 13.2. The van der Waals surface area contributed by atoms with Crippen molar-refractivity contribution in [3.63, 3.8) is 0 Å². The van der Waals surface area contributed by atoms with E-state index in [2.05, 4.69) is 41.5 Å². The minimum absolute atomic E-state index is 0.260. The fourth-order valence-corrected chi connectivity index (χ4v) is 3.13. The zero-order chi connectivity index (χ0) is 14.7. The first-order chi connectivity index (χ1) is 10.2. The molecule has 3 rings (SSSR count). The van der Waals surface area contributed by atoms with Crippen molar-refractivity contribution in [3.8, 4) is 6.07 Å². The summed E-state index contributed by atoms with van der Waals surface area (Å²) in [6.07, 6.45) is 5.43. The van der Waals surface area contributed by atoms with Gasteiger partial charge < -0.3 is 5.32 Å². The number of hydrogen-bond acceptors (Lipinski definition) is 3. The van der Waals surface area contributed by atoms with Gasteiger partial charge in [-0.1, -0.05) is 36.4 Å². The van der Waals surface area contributed by atoms with Gasteiger partial charge >= 0.3 is 0 Å². The largest absolute Gasteiger partial charge is 0.307 e. The SMILES string of the molecule is C[C@@H](NC1CC(C#N)(c2ccccc2)C1)c1cccnc1. The molecule has 0 saturated heterocycles. The summed E-state index contributed by atoms with van der Waals surface area (Å²) in [5.41, 5.74) is 2.01. The molecule has 0 radical (unpaired) electrons. The predicted molar refractivity (Wildman–Crippen MR) is 82.5 cm³/mol. The van der Waals surface area contributed by atoms with Crippen LogP contribution >= 0.6 is 0 Å². The molecule has 21 heavy (non-hydrogen) atoms. The van der Waals surface area contributed by atoms with Crippen LogP contribution in [0.2, 0.25) is 0 Å². The molecule has 1 fully saturated rings. The highest BCUT2D eigenvalue weighted by Crippen LogP contribution is 2.43. The monoisotopic (exact) mass is 277 g/mol. The van der Waals surface area contributed by atoms with E-state index in [0.29, 0.717) is 6.04 Å². The Kier molecular flexibility index (Phi) is 3.72. The summed E-state index contributed by atoms with van der Waals surface area (Å²) < 4.78 is 0. The maximum absolute atomic E-state index is 9.57. The van der Waals surface area contributed by atoms with Crippen LogP contribution < -0.4 is 5.32 Å². The first-order valence-electron chi connectivity index (χ1n) is 7.36. The lowest BCUT2D eigenvalue weighted by Crippen LogP contribution is -2.51. The molecule has 1 heterocycles. The molecule has 0 bridgehead atoms. The molecule has 1 aliphatic rings. The third kappa shape index (κ3) is 2.68. The van der Waals surface area contributed by atoms with E-state index in [1.807, 2.05) is 30.5 Å². The maximum atomic E-state index is 9.57. The lowest BCUT2D eigenvalue weighted by molar-refractivity contribution is 0.213. The van der Waals surface area contributed by atoms with Crippen molar-refractivity contribution < 1.29 is 0 Å². The second-order valence-corrected chi connectivity index (χ2v) is 5.84. The van der Waals surface area contributed by atoms with E-state index < -0.39 is 0 Å². The van der Waals surface area contributed by atoms with Gasteiger partial charge in [-0.05, 0) is 37.0 Å². The summed E-state index contributed by atoms with van der Waals surface area (Å²) in [5.74, 6) is 0. The number of nitrogens with zero attached hydrogens (tertiary/aromatic N) is 2. The molecule has 0 aliphatic heterocycles. The predicted octanol–water partition coefficient (Wildman–Crippen LogP) is 3.36. The minimum Gasteiger partial charge on any atom is -0.307 e. The minimum atomic E-state index is -0.312. The standard InChI is InChI=1S/C18H19N3/c1-14(15-6-5-9-20-12-15)21-17-10-18(11-17,13-19)16-7-3-2-4-8-16/h2-9,12,14,17,21H,10-11H2,1H3/t14-,17?,18?/m1/s1. The molecule has 1 atom stereocenters. The van der Waals surface area contributed by atoms with E-state index in [-0.39, 0.29) is 11.5 Å². The Morgan fingerprint density at radius 1 is 1.24 bits per heavy atom. The van der Waals surface area contributed by atoms with Gasteiger partial charge in [0.1, 0.15) is 0 Å². The Labute approximate surface area is 125 Å². The van der Waals surface area contributed by atoms with Crippen LogP contribution in [0.3, 0.4) is 0 Å². The van der Waals surface area contributed by atoms with Crippen LogP contribution in [0.5, 0.6) is 0 Å². The van der Waals surface area contributed by atoms with Crippen molar-refractivity contribution in [2.45, 2.75) is 37.3 Å². The third-order valence-electron chi connectivity index (χ3n) is 4.40. The summed E-state index contributed by atoms with van der Waals surface area (Å²) in [4.78, 5) is 4.16. The van der Waals surface area contributed by atoms with Gasteiger partial charge in [0.15, 0.2) is 0 Å². The van der Waals surface area contributed by atoms with E-state index in [4.69, 9.17) is 0 Å². The van der Waals surface area contributed by atoms with Crippen LogP contribution in [0.1, 0.15) is 36.9 Å². The molecule has 1 N–H and O–H groups in total. The van der Waals surface area contributed by atoms with Gasteiger partial charge in [0, 0.05) is 24.5 Å². The number of pyridine rings is 1. The van der Waals surface area contributed by atoms with Crippen LogP contribution in [0.15, 0.2) is 54.9 Å². The molecular formula is C18H19N3. The summed E-state index contributed by atoms with van der Waals surface area (Å²) in [6, 6.07) is 17.3. The highest BCUT2D eigenvalue weighted by molar-refractivity contribution is 5.37. The third-order valence-corrected chi connectivity index (χ3v) is 4.40. The lowest BCUT2D eigenvalue weighted by Gasteiger charge is -2.44. The van der Waals surface area contributed by atoms with E-state index >= 15 is 0 Å². The van der Waals surface area contributed by atoms with E-state index in [0.717, 1.165) is 18.4 Å². The number of rotatable bonds is 4. The zero-order valence-electron chi connectivity index (χ0n) is 12.2. The number of aromatic nitrogens is 1.